The van der Waals surface area contributed by atoms with Crippen LogP contribution in [0.3, 0.4) is 0 Å². The lowest BCUT2D eigenvalue weighted by atomic mass is 10.0. The zero-order chi connectivity index (χ0) is 20.8. The number of non-ortho nitro benzene ring substituents is 1. The van der Waals surface area contributed by atoms with Crippen LogP contribution in [0.1, 0.15) is 16.7 Å². The van der Waals surface area contributed by atoms with Crippen LogP contribution < -0.4 is 5.32 Å². The summed E-state index contributed by atoms with van der Waals surface area (Å²) in [7, 11) is 0. The maximum atomic E-state index is 12.9. The molecule has 29 heavy (non-hydrogen) atoms. The van der Waals surface area contributed by atoms with Crippen LogP contribution >= 0.6 is 23.2 Å². The highest BCUT2D eigenvalue weighted by Crippen LogP contribution is 2.23. The summed E-state index contributed by atoms with van der Waals surface area (Å²) in [6, 6.07) is 20.3. The van der Waals surface area contributed by atoms with Gasteiger partial charge in [-0.3, -0.25) is 14.9 Å². The third-order valence-electron chi connectivity index (χ3n) is 4.18. The molecule has 0 aliphatic heterocycles. The van der Waals surface area contributed by atoms with E-state index in [1.807, 2.05) is 18.2 Å². The van der Waals surface area contributed by atoms with E-state index < -0.39 is 4.92 Å². The number of hydrogen-bond acceptors (Lipinski definition) is 3. The third kappa shape index (κ3) is 5.44. The van der Waals surface area contributed by atoms with Gasteiger partial charge in [0.05, 0.1) is 4.92 Å². The molecule has 1 amide bonds. The van der Waals surface area contributed by atoms with E-state index >= 15 is 0 Å². The second-order valence-electron chi connectivity index (χ2n) is 6.19. The minimum absolute atomic E-state index is 0.0421. The molecule has 0 heterocycles. The summed E-state index contributed by atoms with van der Waals surface area (Å²) >= 11 is 12.1. The van der Waals surface area contributed by atoms with Crippen molar-refractivity contribution in [3.63, 3.8) is 0 Å². The van der Waals surface area contributed by atoms with Crippen LogP contribution in [0.2, 0.25) is 10.0 Å². The summed E-state index contributed by atoms with van der Waals surface area (Å²) in [4.78, 5) is 23.5. The second kappa shape index (κ2) is 9.37. The van der Waals surface area contributed by atoms with Crippen LogP contribution in [-0.2, 0) is 11.3 Å². The monoisotopic (exact) mass is 426 g/mol. The van der Waals surface area contributed by atoms with E-state index in [-0.39, 0.29) is 18.1 Å². The summed E-state index contributed by atoms with van der Waals surface area (Å²) in [5, 5.41) is 14.9. The molecule has 0 bridgehead atoms. The molecule has 5 nitrogen and oxygen atoms in total. The molecule has 1 N–H and O–H groups in total. The van der Waals surface area contributed by atoms with E-state index in [9.17, 15) is 14.9 Å². The van der Waals surface area contributed by atoms with Gasteiger partial charge >= 0.3 is 0 Å². The number of halogens is 2. The summed E-state index contributed by atoms with van der Waals surface area (Å²) in [5.41, 5.74) is 2.32. The van der Waals surface area contributed by atoms with Gasteiger partial charge < -0.3 is 5.32 Å². The molecule has 0 atom stereocenters. The molecule has 0 aliphatic carbocycles. The Bertz CT molecular complexity index is 1080. The van der Waals surface area contributed by atoms with Gasteiger partial charge in [0.2, 0.25) is 0 Å². The van der Waals surface area contributed by atoms with Gasteiger partial charge in [0.15, 0.2) is 0 Å². The summed E-state index contributed by atoms with van der Waals surface area (Å²) in [6.07, 6.45) is 1.63. The number of nitro groups is 1. The van der Waals surface area contributed by atoms with Gasteiger partial charge in [-0.15, -0.1) is 0 Å². The van der Waals surface area contributed by atoms with Crippen molar-refractivity contribution in [1.82, 2.24) is 5.32 Å². The number of nitrogens with zero attached hydrogens (tertiary/aromatic N) is 1. The lowest BCUT2D eigenvalue weighted by molar-refractivity contribution is -0.384. The Hall–Kier alpha value is -3.15. The fourth-order valence-corrected chi connectivity index (χ4v) is 3.20. The largest absolute Gasteiger partial charge is 0.348 e. The Labute approximate surface area is 177 Å². The summed E-state index contributed by atoms with van der Waals surface area (Å²) in [6.45, 7) is 0.216. The first-order chi connectivity index (χ1) is 13.9. The van der Waals surface area contributed by atoms with Gasteiger partial charge in [0.25, 0.3) is 11.6 Å². The molecule has 0 radical (unpaired) electrons. The fourth-order valence-electron chi connectivity index (χ4n) is 2.73. The molecule has 0 fully saturated rings. The quantitative estimate of drug-likeness (QED) is 0.235. The molecule has 3 aromatic rings. The van der Waals surface area contributed by atoms with Crippen molar-refractivity contribution < 1.29 is 9.72 Å². The average Bonchev–Trinajstić information content (AvgIpc) is 2.72. The van der Waals surface area contributed by atoms with Crippen LogP contribution in [0.15, 0.2) is 72.8 Å². The Balaban J connectivity index is 1.90. The van der Waals surface area contributed by atoms with Gasteiger partial charge in [-0.05, 0) is 34.9 Å². The van der Waals surface area contributed by atoms with Crippen molar-refractivity contribution >= 4 is 46.4 Å². The maximum absolute atomic E-state index is 12.9. The number of rotatable bonds is 6. The number of nitro benzene ring substituents is 1. The lowest BCUT2D eigenvalue weighted by Gasteiger charge is -2.11. The molecule has 0 aromatic heterocycles. The molecule has 0 saturated heterocycles. The van der Waals surface area contributed by atoms with Crippen molar-refractivity contribution in [3.05, 3.63) is 110 Å². The molecule has 0 aliphatic rings. The summed E-state index contributed by atoms with van der Waals surface area (Å²) < 4.78 is 0. The van der Waals surface area contributed by atoms with Gasteiger partial charge in [-0.2, -0.15) is 0 Å². The lowest BCUT2D eigenvalue weighted by Crippen LogP contribution is -2.24. The van der Waals surface area contributed by atoms with E-state index in [0.717, 1.165) is 5.56 Å². The Morgan fingerprint density at radius 3 is 2.45 bits per heavy atom. The van der Waals surface area contributed by atoms with E-state index in [1.54, 1.807) is 48.5 Å². The number of hydrogen-bond donors (Lipinski definition) is 1. The molecule has 0 spiro atoms. The van der Waals surface area contributed by atoms with Crippen molar-refractivity contribution in [3.8, 4) is 0 Å². The molecule has 146 valence electrons. The van der Waals surface area contributed by atoms with Gasteiger partial charge in [-0.1, -0.05) is 71.7 Å². The first-order valence-corrected chi connectivity index (χ1v) is 9.43. The van der Waals surface area contributed by atoms with Crippen LogP contribution in [0, 0.1) is 10.1 Å². The Kier molecular flexibility index (Phi) is 6.65. The number of carbonyl (C=O) groups is 1. The van der Waals surface area contributed by atoms with Crippen LogP contribution in [0.25, 0.3) is 11.6 Å². The summed E-state index contributed by atoms with van der Waals surface area (Å²) in [5.74, 6) is -0.325. The van der Waals surface area contributed by atoms with Crippen molar-refractivity contribution in [1.29, 1.82) is 0 Å². The fraction of sp³-hybridized carbons (Fsp3) is 0.0455. The predicted octanol–water partition coefficient (Wildman–Crippen LogP) is 5.76. The highest BCUT2D eigenvalue weighted by atomic mass is 35.5. The zero-order valence-electron chi connectivity index (χ0n) is 15.1. The molecule has 3 aromatic carbocycles. The first kappa shape index (κ1) is 20.6. The topological polar surface area (TPSA) is 72.2 Å². The van der Waals surface area contributed by atoms with Crippen molar-refractivity contribution in [2.24, 2.45) is 0 Å². The standard InChI is InChI=1S/C22H16Cl2N2O3/c23-18-10-9-17(21(24)13-18)14-25-22(27)20(16-6-2-1-3-7-16)12-15-5-4-8-19(11-15)26(28)29/h1-13H,14H2,(H,25,27)/b20-12+. The Morgan fingerprint density at radius 2 is 1.76 bits per heavy atom. The predicted molar refractivity (Wildman–Crippen MR) is 116 cm³/mol. The molecular formula is C22H16Cl2N2O3. The average molecular weight is 427 g/mol. The highest BCUT2D eigenvalue weighted by Gasteiger charge is 2.14. The molecule has 3 rings (SSSR count). The molecule has 7 heteroatoms. The van der Waals surface area contributed by atoms with E-state index in [0.29, 0.717) is 26.7 Å². The smallest absolute Gasteiger partial charge is 0.270 e. The SMILES string of the molecule is O=C(NCc1ccc(Cl)cc1Cl)/C(=C/c1cccc([N+](=O)[O-])c1)c1ccccc1. The second-order valence-corrected chi connectivity index (χ2v) is 7.04. The number of benzene rings is 3. The van der Waals surface area contributed by atoms with E-state index in [2.05, 4.69) is 5.32 Å². The zero-order valence-corrected chi connectivity index (χ0v) is 16.7. The van der Waals surface area contributed by atoms with Gasteiger partial charge in [0.1, 0.15) is 0 Å². The van der Waals surface area contributed by atoms with Crippen LogP contribution in [0.5, 0.6) is 0 Å². The first-order valence-electron chi connectivity index (χ1n) is 8.68. The number of amides is 1. The molecular weight excluding hydrogens is 411 g/mol. The van der Waals surface area contributed by atoms with Crippen LogP contribution in [0.4, 0.5) is 5.69 Å². The maximum Gasteiger partial charge on any atom is 0.270 e. The number of carbonyl (C=O) groups excluding carboxylic acids is 1. The molecule has 0 unspecified atom stereocenters. The van der Waals surface area contributed by atoms with Gasteiger partial charge in [-0.25, -0.2) is 0 Å². The normalized spacial score (nSPS) is 11.2. The number of nitrogens with one attached hydrogen (secondary N) is 1. The van der Waals surface area contributed by atoms with E-state index in [4.69, 9.17) is 23.2 Å². The highest BCUT2D eigenvalue weighted by molar-refractivity contribution is 6.35. The minimum atomic E-state index is -0.470. The van der Waals surface area contributed by atoms with Crippen LogP contribution in [-0.4, -0.2) is 10.8 Å². The third-order valence-corrected chi connectivity index (χ3v) is 4.76. The molecule has 0 saturated carbocycles. The van der Waals surface area contributed by atoms with E-state index in [1.165, 1.54) is 12.1 Å². The Morgan fingerprint density at radius 1 is 1.00 bits per heavy atom. The minimum Gasteiger partial charge on any atom is -0.348 e. The van der Waals surface area contributed by atoms with Crippen molar-refractivity contribution in [2.45, 2.75) is 6.54 Å². The van der Waals surface area contributed by atoms with Crippen molar-refractivity contribution in [2.75, 3.05) is 0 Å². The van der Waals surface area contributed by atoms with Gasteiger partial charge in [0, 0.05) is 34.3 Å².